The van der Waals surface area contributed by atoms with Gasteiger partial charge in [-0.05, 0) is 37.4 Å². The third kappa shape index (κ3) is 3.61. The van der Waals surface area contributed by atoms with Crippen LogP contribution in [0.5, 0.6) is 0 Å². The Kier molecular flexibility index (Phi) is 4.59. The van der Waals surface area contributed by atoms with Gasteiger partial charge in [-0.25, -0.2) is 22.8 Å². The van der Waals surface area contributed by atoms with Crippen LogP contribution in [-0.4, -0.2) is 30.2 Å². The van der Waals surface area contributed by atoms with Gasteiger partial charge in [0, 0.05) is 12.4 Å². The minimum Gasteiger partial charge on any atom is -0.364 e. The fourth-order valence-electron chi connectivity index (χ4n) is 2.12. The number of nitrogens with one attached hydrogen (secondary N) is 2. The Labute approximate surface area is 140 Å². The van der Waals surface area contributed by atoms with Gasteiger partial charge in [0.25, 0.3) is 0 Å². The van der Waals surface area contributed by atoms with Crippen molar-refractivity contribution in [1.82, 2.24) is 19.5 Å². The molecular formula is C16H17N5O2S. The Morgan fingerprint density at radius 2 is 1.88 bits per heavy atom. The molecule has 2 heterocycles. The Bertz CT molecular complexity index is 905. The van der Waals surface area contributed by atoms with E-state index in [0.717, 1.165) is 11.4 Å². The van der Waals surface area contributed by atoms with Crippen LogP contribution >= 0.6 is 0 Å². The first-order chi connectivity index (χ1) is 11.6. The molecule has 2 aromatic heterocycles. The van der Waals surface area contributed by atoms with Gasteiger partial charge in [-0.2, -0.15) is 5.10 Å². The van der Waals surface area contributed by atoms with Gasteiger partial charge in [0.1, 0.15) is 10.7 Å². The average molecular weight is 343 g/mol. The smallest absolute Gasteiger partial charge is 0.241 e. The van der Waals surface area contributed by atoms with E-state index in [0.29, 0.717) is 12.4 Å². The van der Waals surface area contributed by atoms with Crippen molar-refractivity contribution in [2.75, 3.05) is 12.4 Å². The number of sulfonamides is 1. The first-order valence-electron chi connectivity index (χ1n) is 7.32. The molecule has 0 radical (unpaired) electrons. The second-order valence-corrected chi connectivity index (χ2v) is 6.91. The maximum atomic E-state index is 11.6. The van der Waals surface area contributed by atoms with Crippen molar-refractivity contribution in [2.24, 2.45) is 0 Å². The number of anilines is 1. The van der Waals surface area contributed by atoms with E-state index < -0.39 is 10.0 Å². The quantitative estimate of drug-likeness (QED) is 0.712. The predicted molar refractivity (Wildman–Crippen MR) is 91.4 cm³/mol. The highest BCUT2D eigenvalue weighted by Gasteiger charge is 2.11. The van der Waals surface area contributed by atoms with E-state index in [2.05, 4.69) is 20.1 Å². The summed E-state index contributed by atoms with van der Waals surface area (Å²) in [5.41, 5.74) is 1.84. The zero-order valence-electron chi connectivity index (χ0n) is 13.0. The molecule has 0 aliphatic rings. The zero-order valence-corrected chi connectivity index (χ0v) is 13.9. The number of rotatable bonds is 6. The summed E-state index contributed by atoms with van der Waals surface area (Å²) in [5, 5.41) is 7.61. The van der Waals surface area contributed by atoms with Crippen molar-refractivity contribution in [3.8, 4) is 5.69 Å². The lowest BCUT2D eigenvalue weighted by molar-refractivity contribution is 0.588. The summed E-state index contributed by atoms with van der Waals surface area (Å²) >= 11 is 0. The van der Waals surface area contributed by atoms with Gasteiger partial charge < -0.3 is 5.32 Å². The lowest BCUT2D eigenvalue weighted by Gasteiger charge is -2.05. The number of hydrogen-bond donors (Lipinski definition) is 2. The van der Waals surface area contributed by atoms with E-state index in [1.165, 1.54) is 19.3 Å². The average Bonchev–Trinajstić information content (AvgIpc) is 3.10. The molecule has 0 unspecified atom stereocenters. The van der Waals surface area contributed by atoms with Crippen LogP contribution in [0.2, 0.25) is 0 Å². The van der Waals surface area contributed by atoms with Crippen LogP contribution in [0.25, 0.3) is 5.69 Å². The standard InChI is InChI=1S/C16H17N5O2S/c1-17-24(22,23)15-7-8-16(19-12-15)18-11-13-9-10-21(20-13)14-5-3-2-4-6-14/h2-10,12,17H,11H2,1H3,(H,18,19). The summed E-state index contributed by atoms with van der Waals surface area (Å²) in [6, 6.07) is 14.9. The number of benzene rings is 1. The van der Waals surface area contributed by atoms with Crippen molar-refractivity contribution < 1.29 is 8.42 Å². The summed E-state index contributed by atoms with van der Waals surface area (Å²) in [6.45, 7) is 0.491. The van der Waals surface area contributed by atoms with Crippen LogP contribution in [0.3, 0.4) is 0 Å². The van der Waals surface area contributed by atoms with E-state index in [4.69, 9.17) is 0 Å². The van der Waals surface area contributed by atoms with Crippen LogP contribution in [0, 0.1) is 0 Å². The van der Waals surface area contributed by atoms with Crippen molar-refractivity contribution in [3.63, 3.8) is 0 Å². The number of nitrogens with zero attached hydrogens (tertiary/aromatic N) is 3. The Morgan fingerprint density at radius 3 is 2.54 bits per heavy atom. The van der Waals surface area contributed by atoms with Crippen LogP contribution in [0.4, 0.5) is 5.82 Å². The maximum Gasteiger partial charge on any atom is 0.241 e. The highest BCUT2D eigenvalue weighted by atomic mass is 32.2. The van der Waals surface area contributed by atoms with Crippen molar-refractivity contribution in [2.45, 2.75) is 11.4 Å². The Balaban J connectivity index is 1.65. The lowest BCUT2D eigenvalue weighted by Crippen LogP contribution is -2.18. The molecular weight excluding hydrogens is 326 g/mol. The normalized spacial score (nSPS) is 11.4. The first kappa shape index (κ1) is 16.2. The molecule has 2 N–H and O–H groups in total. The summed E-state index contributed by atoms with van der Waals surface area (Å²) in [4.78, 5) is 4.24. The maximum absolute atomic E-state index is 11.6. The number of para-hydroxylation sites is 1. The lowest BCUT2D eigenvalue weighted by atomic mass is 10.3. The fraction of sp³-hybridized carbons (Fsp3) is 0.125. The van der Waals surface area contributed by atoms with Gasteiger partial charge in [0.2, 0.25) is 10.0 Å². The van der Waals surface area contributed by atoms with E-state index in [1.807, 2.05) is 42.6 Å². The van der Waals surface area contributed by atoms with Gasteiger partial charge in [0.15, 0.2) is 0 Å². The molecule has 7 nitrogen and oxygen atoms in total. The third-order valence-electron chi connectivity index (χ3n) is 3.43. The van der Waals surface area contributed by atoms with Gasteiger partial charge in [-0.3, -0.25) is 0 Å². The van der Waals surface area contributed by atoms with Crippen molar-refractivity contribution in [1.29, 1.82) is 0 Å². The molecule has 1 aromatic carbocycles. The van der Waals surface area contributed by atoms with E-state index in [-0.39, 0.29) is 4.90 Å². The van der Waals surface area contributed by atoms with Gasteiger partial charge >= 0.3 is 0 Å². The van der Waals surface area contributed by atoms with E-state index >= 15 is 0 Å². The largest absolute Gasteiger partial charge is 0.364 e. The molecule has 0 spiro atoms. The van der Waals surface area contributed by atoms with Crippen molar-refractivity contribution >= 4 is 15.8 Å². The van der Waals surface area contributed by atoms with Crippen LogP contribution in [0.15, 0.2) is 65.8 Å². The molecule has 3 rings (SSSR count). The molecule has 124 valence electrons. The SMILES string of the molecule is CNS(=O)(=O)c1ccc(NCc2ccn(-c3ccccc3)n2)nc1. The molecule has 0 aliphatic carbocycles. The summed E-state index contributed by atoms with van der Waals surface area (Å²) in [5.74, 6) is 0.583. The monoisotopic (exact) mass is 343 g/mol. The molecule has 0 saturated heterocycles. The highest BCUT2D eigenvalue weighted by Crippen LogP contribution is 2.12. The first-order valence-corrected chi connectivity index (χ1v) is 8.80. The third-order valence-corrected chi connectivity index (χ3v) is 4.83. The highest BCUT2D eigenvalue weighted by molar-refractivity contribution is 7.89. The molecule has 24 heavy (non-hydrogen) atoms. The molecule has 0 bridgehead atoms. The second kappa shape index (κ2) is 6.81. The van der Waals surface area contributed by atoms with Gasteiger partial charge in [-0.15, -0.1) is 0 Å². The number of hydrogen-bond acceptors (Lipinski definition) is 5. The molecule has 0 amide bonds. The second-order valence-electron chi connectivity index (χ2n) is 5.03. The summed E-state index contributed by atoms with van der Waals surface area (Å²) in [7, 11) is -2.10. The number of aromatic nitrogens is 3. The van der Waals surface area contributed by atoms with Crippen LogP contribution in [-0.2, 0) is 16.6 Å². The molecule has 0 atom stereocenters. The van der Waals surface area contributed by atoms with Gasteiger partial charge in [0.05, 0.1) is 17.9 Å². The van der Waals surface area contributed by atoms with Crippen LogP contribution in [0.1, 0.15) is 5.69 Å². The topological polar surface area (TPSA) is 88.9 Å². The molecule has 3 aromatic rings. The Hall–Kier alpha value is -2.71. The minimum absolute atomic E-state index is 0.129. The van der Waals surface area contributed by atoms with E-state index in [1.54, 1.807) is 10.7 Å². The van der Waals surface area contributed by atoms with E-state index in [9.17, 15) is 8.42 Å². The Morgan fingerprint density at radius 1 is 1.08 bits per heavy atom. The number of pyridine rings is 1. The zero-order chi connectivity index (χ0) is 17.0. The summed E-state index contributed by atoms with van der Waals surface area (Å²) in [6.07, 6.45) is 3.21. The minimum atomic E-state index is -3.47. The molecule has 0 saturated carbocycles. The van der Waals surface area contributed by atoms with Gasteiger partial charge in [-0.1, -0.05) is 18.2 Å². The molecule has 0 fully saturated rings. The molecule has 0 aliphatic heterocycles. The fourth-order valence-corrected chi connectivity index (χ4v) is 2.80. The predicted octanol–water partition coefficient (Wildman–Crippen LogP) is 1.79. The summed E-state index contributed by atoms with van der Waals surface area (Å²) < 4.78 is 27.3. The molecule has 8 heteroatoms. The van der Waals surface area contributed by atoms with Crippen LogP contribution < -0.4 is 10.0 Å². The van der Waals surface area contributed by atoms with Crippen molar-refractivity contribution in [3.05, 3.63) is 66.6 Å².